The van der Waals surface area contributed by atoms with Crippen molar-refractivity contribution in [2.45, 2.75) is 6.18 Å². The zero-order valence-electron chi connectivity index (χ0n) is 11.0. The molecule has 2 aromatic carbocycles. The molecule has 0 aromatic heterocycles. The van der Waals surface area contributed by atoms with E-state index in [1.165, 1.54) is 31.4 Å². The molecule has 0 atom stereocenters. The Labute approximate surface area is 128 Å². The van der Waals surface area contributed by atoms with Gasteiger partial charge in [0.15, 0.2) is 5.71 Å². The molecule has 110 valence electrons. The quantitative estimate of drug-likeness (QED) is 0.696. The van der Waals surface area contributed by atoms with Crippen LogP contribution < -0.4 is 4.74 Å². The van der Waals surface area contributed by atoms with Gasteiger partial charge in [0.2, 0.25) is 0 Å². The minimum absolute atomic E-state index is 0.0153. The molecule has 0 spiro atoms. The van der Waals surface area contributed by atoms with E-state index < -0.39 is 11.9 Å². The highest BCUT2D eigenvalue weighted by molar-refractivity contribution is 9.10. The molecule has 0 unspecified atom stereocenters. The molecule has 0 aliphatic rings. The summed E-state index contributed by atoms with van der Waals surface area (Å²) in [5.41, 5.74) is -0.701. The first kappa shape index (κ1) is 15.6. The second kappa shape index (κ2) is 6.30. The number of aliphatic imine (C=N–C) groups is 1. The first-order valence-corrected chi connectivity index (χ1v) is 6.75. The summed E-state index contributed by atoms with van der Waals surface area (Å²) in [5.74, 6) is 0.561. The molecule has 2 nitrogen and oxygen atoms in total. The van der Waals surface area contributed by atoms with Gasteiger partial charge in [0.1, 0.15) is 5.75 Å². The van der Waals surface area contributed by atoms with Crippen molar-refractivity contribution in [2.75, 3.05) is 7.11 Å². The van der Waals surface area contributed by atoms with Gasteiger partial charge in [0, 0.05) is 10.0 Å². The lowest BCUT2D eigenvalue weighted by molar-refractivity contribution is -0.0579. The minimum atomic E-state index is -4.53. The fourth-order valence-corrected chi connectivity index (χ4v) is 1.95. The topological polar surface area (TPSA) is 21.6 Å². The lowest BCUT2D eigenvalue weighted by Gasteiger charge is -2.11. The fraction of sp³-hybridized carbons (Fsp3) is 0.133. The van der Waals surface area contributed by atoms with Gasteiger partial charge in [0.05, 0.1) is 12.8 Å². The Morgan fingerprint density at radius 1 is 1.00 bits per heavy atom. The number of benzene rings is 2. The predicted octanol–water partition coefficient (Wildman–Crippen LogP) is 5.14. The van der Waals surface area contributed by atoms with Crippen molar-refractivity contribution < 1.29 is 17.9 Å². The van der Waals surface area contributed by atoms with E-state index in [9.17, 15) is 13.2 Å². The first-order chi connectivity index (χ1) is 9.90. The van der Waals surface area contributed by atoms with E-state index in [1.54, 1.807) is 24.3 Å². The smallest absolute Gasteiger partial charge is 0.433 e. The van der Waals surface area contributed by atoms with E-state index in [0.29, 0.717) is 10.2 Å². The molecule has 0 bridgehead atoms. The number of nitrogens with zero attached hydrogens (tertiary/aromatic N) is 1. The van der Waals surface area contributed by atoms with Gasteiger partial charge in [-0.15, -0.1) is 0 Å². The van der Waals surface area contributed by atoms with Gasteiger partial charge in [-0.2, -0.15) is 13.2 Å². The van der Waals surface area contributed by atoms with Gasteiger partial charge in [-0.25, -0.2) is 4.99 Å². The summed E-state index contributed by atoms with van der Waals surface area (Å²) in [6.07, 6.45) is -4.53. The van der Waals surface area contributed by atoms with Crippen molar-refractivity contribution in [3.8, 4) is 5.75 Å². The fourth-order valence-electron chi connectivity index (χ4n) is 1.69. The lowest BCUT2D eigenvalue weighted by atomic mass is 10.1. The summed E-state index contributed by atoms with van der Waals surface area (Å²) < 4.78 is 45.2. The summed E-state index contributed by atoms with van der Waals surface area (Å²) in [6, 6.07) is 11.9. The van der Waals surface area contributed by atoms with Gasteiger partial charge in [0.25, 0.3) is 0 Å². The molecule has 0 fully saturated rings. The Morgan fingerprint density at radius 2 is 1.57 bits per heavy atom. The number of hydrogen-bond acceptors (Lipinski definition) is 2. The molecular weight excluding hydrogens is 347 g/mol. The Morgan fingerprint density at radius 3 is 2.05 bits per heavy atom. The largest absolute Gasteiger partial charge is 0.497 e. The van der Waals surface area contributed by atoms with Crippen LogP contribution in [0.5, 0.6) is 5.75 Å². The molecule has 0 N–H and O–H groups in total. The van der Waals surface area contributed by atoms with Gasteiger partial charge in [-0.05, 0) is 36.4 Å². The van der Waals surface area contributed by atoms with Crippen molar-refractivity contribution in [2.24, 2.45) is 4.99 Å². The van der Waals surface area contributed by atoms with E-state index in [-0.39, 0.29) is 11.3 Å². The average Bonchev–Trinajstić information content (AvgIpc) is 2.45. The van der Waals surface area contributed by atoms with Gasteiger partial charge >= 0.3 is 6.18 Å². The highest BCUT2D eigenvalue weighted by atomic mass is 79.9. The molecule has 0 saturated carbocycles. The number of methoxy groups -OCH3 is 1. The summed E-state index contributed by atoms with van der Waals surface area (Å²) in [7, 11) is 1.49. The third-order valence-corrected chi connectivity index (χ3v) is 3.23. The van der Waals surface area contributed by atoms with Crippen molar-refractivity contribution in [3.05, 3.63) is 58.6 Å². The lowest BCUT2D eigenvalue weighted by Crippen LogP contribution is -2.23. The molecule has 2 aromatic rings. The van der Waals surface area contributed by atoms with Gasteiger partial charge in [-0.1, -0.05) is 28.1 Å². The third kappa shape index (κ3) is 4.07. The maximum Gasteiger partial charge on any atom is 0.433 e. The Kier molecular flexibility index (Phi) is 4.67. The number of ether oxygens (including phenoxy) is 1. The summed E-state index contributed by atoms with van der Waals surface area (Å²) in [6.45, 7) is 0. The van der Waals surface area contributed by atoms with E-state index in [0.717, 1.165) is 0 Å². The molecular formula is C15H11BrF3NO. The van der Waals surface area contributed by atoms with Crippen LogP contribution in [-0.4, -0.2) is 19.0 Å². The van der Waals surface area contributed by atoms with E-state index in [4.69, 9.17) is 4.74 Å². The number of hydrogen-bond donors (Lipinski definition) is 0. The number of alkyl halides is 3. The zero-order chi connectivity index (χ0) is 15.5. The molecule has 0 radical (unpaired) electrons. The summed E-state index contributed by atoms with van der Waals surface area (Å²) in [4.78, 5) is 3.73. The Hall–Kier alpha value is -1.82. The minimum Gasteiger partial charge on any atom is -0.497 e. The van der Waals surface area contributed by atoms with Crippen LogP contribution in [0.25, 0.3) is 0 Å². The van der Waals surface area contributed by atoms with E-state index in [2.05, 4.69) is 20.9 Å². The highest BCUT2D eigenvalue weighted by Gasteiger charge is 2.36. The molecule has 21 heavy (non-hydrogen) atoms. The average molecular weight is 358 g/mol. The van der Waals surface area contributed by atoms with Crippen LogP contribution >= 0.6 is 15.9 Å². The van der Waals surface area contributed by atoms with Gasteiger partial charge in [-0.3, -0.25) is 0 Å². The van der Waals surface area contributed by atoms with Crippen LogP contribution in [-0.2, 0) is 0 Å². The van der Waals surface area contributed by atoms with Crippen molar-refractivity contribution in [3.63, 3.8) is 0 Å². The second-order valence-corrected chi connectivity index (χ2v) is 5.08. The Bertz CT molecular complexity index is 633. The molecule has 0 amide bonds. The molecule has 2 rings (SSSR count). The highest BCUT2D eigenvalue weighted by Crippen LogP contribution is 2.27. The summed E-state index contributed by atoms with van der Waals surface area (Å²) >= 11 is 3.19. The first-order valence-electron chi connectivity index (χ1n) is 5.96. The van der Waals surface area contributed by atoms with E-state index >= 15 is 0 Å². The maximum atomic E-state index is 13.2. The SMILES string of the molecule is COc1ccc(N=C(c2ccc(Br)cc2)C(F)(F)F)cc1. The van der Waals surface area contributed by atoms with Crippen LogP contribution in [0, 0.1) is 0 Å². The third-order valence-electron chi connectivity index (χ3n) is 2.70. The molecule has 0 aliphatic heterocycles. The van der Waals surface area contributed by atoms with Crippen molar-refractivity contribution in [1.29, 1.82) is 0 Å². The Balaban J connectivity index is 2.44. The van der Waals surface area contributed by atoms with Gasteiger partial charge < -0.3 is 4.74 Å². The van der Waals surface area contributed by atoms with Crippen molar-refractivity contribution >= 4 is 27.3 Å². The van der Waals surface area contributed by atoms with Crippen LogP contribution in [0.15, 0.2) is 58.0 Å². The van der Waals surface area contributed by atoms with Crippen LogP contribution in [0.4, 0.5) is 18.9 Å². The number of halogens is 4. The van der Waals surface area contributed by atoms with Crippen molar-refractivity contribution in [1.82, 2.24) is 0 Å². The standard InChI is InChI=1S/C15H11BrF3NO/c1-21-13-8-6-12(7-9-13)20-14(15(17,18)19)10-2-4-11(16)5-3-10/h2-9H,1H3. The van der Waals surface area contributed by atoms with Crippen LogP contribution in [0.1, 0.15) is 5.56 Å². The summed E-state index contributed by atoms with van der Waals surface area (Å²) in [5, 5.41) is 0. The van der Waals surface area contributed by atoms with Crippen LogP contribution in [0.3, 0.4) is 0 Å². The predicted molar refractivity (Wildman–Crippen MR) is 79.4 cm³/mol. The normalized spacial score (nSPS) is 12.3. The van der Waals surface area contributed by atoms with Crippen LogP contribution in [0.2, 0.25) is 0 Å². The maximum absolute atomic E-state index is 13.2. The molecule has 0 heterocycles. The molecule has 6 heteroatoms. The molecule has 0 saturated heterocycles. The zero-order valence-corrected chi connectivity index (χ0v) is 12.6. The molecule has 0 aliphatic carbocycles. The number of rotatable bonds is 3. The van der Waals surface area contributed by atoms with E-state index in [1.807, 2.05) is 0 Å². The second-order valence-electron chi connectivity index (χ2n) is 4.16. The monoisotopic (exact) mass is 357 g/mol.